The van der Waals surface area contributed by atoms with Crippen molar-refractivity contribution >= 4 is 11.8 Å². The van der Waals surface area contributed by atoms with Crippen LogP contribution in [0.3, 0.4) is 0 Å². The summed E-state index contributed by atoms with van der Waals surface area (Å²) < 4.78 is 0. The van der Waals surface area contributed by atoms with E-state index in [1.54, 1.807) is 0 Å². The van der Waals surface area contributed by atoms with Crippen LogP contribution in [0.1, 0.15) is 22.8 Å². The molecular weight excluding hydrogens is 184 g/mol. The third-order valence-corrected chi connectivity index (χ3v) is 1.81. The van der Waals surface area contributed by atoms with Gasteiger partial charge >= 0.3 is 5.97 Å². The van der Waals surface area contributed by atoms with Crippen molar-refractivity contribution in [2.45, 2.75) is 13.3 Å². The number of hydrogen-bond acceptors (Lipinski definition) is 3. The molecular formula is C10H10O4. The largest absolute Gasteiger partial charge is 0.508 e. The Balaban J connectivity index is 3.14. The van der Waals surface area contributed by atoms with E-state index in [1.807, 2.05) is 0 Å². The monoisotopic (exact) mass is 194 g/mol. The van der Waals surface area contributed by atoms with Gasteiger partial charge in [0, 0.05) is 5.56 Å². The SMILES string of the molecule is CC(=O)c1cc(O)ccc1CC(=O)O. The van der Waals surface area contributed by atoms with E-state index in [2.05, 4.69) is 0 Å². The van der Waals surface area contributed by atoms with Gasteiger partial charge in [0.05, 0.1) is 6.42 Å². The molecule has 0 aliphatic carbocycles. The summed E-state index contributed by atoms with van der Waals surface area (Å²) in [5, 5.41) is 17.7. The van der Waals surface area contributed by atoms with Crippen LogP contribution in [0.2, 0.25) is 0 Å². The Morgan fingerprint density at radius 1 is 1.36 bits per heavy atom. The van der Waals surface area contributed by atoms with E-state index in [0.717, 1.165) is 0 Å². The first-order valence-corrected chi connectivity index (χ1v) is 4.05. The topological polar surface area (TPSA) is 74.6 Å². The van der Waals surface area contributed by atoms with Gasteiger partial charge in [0.2, 0.25) is 0 Å². The number of hydrogen-bond donors (Lipinski definition) is 2. The minimum atomic E-state index is -1.00. The predicted octanol–water partition coefficient (Wildman–Crippen LogP) is 1.22. The number of benzene rings is 1. The second kappa shape index (κ2) is 3.91. The summed E-state index contributed by atoms with van der Waals surface area (Å²) in [6, 6.07) is 4.09. The Bertz CT molecular complexity index is 382. The van der Waals surface area contributed by atoms with Crippen molar-refractivity contribution in [3.05, 3.63) is 29.3 Å². The molecule has 0 aromatic heterocycles. The number of phenols is 1. The Kier molecular flexibility index (Phi) is 2.86. The molecule has 0 saturated heterocycles. The van der Waals surface area contributed by atoms with Crippen molar-refractivity contribution in [3.8, 4) is 5.75 Å². The molecule has 0 aliphatic rings. The molecule has 4 nitrogen and oxygen atoms in total. The number of carboxylic acids is 1. The second-order valence-electron chi connectivity index (χ2n) is 2.97. The van der Waals surface area contributed by atoms with Crippen LogP contribution in [0.5, 0.6) is 5.75 Å². The Morgan fingerprint density at radius 3 is 2.50 bits per heavy atom. The Labute approximate surface area is 80.8 Å². The summed E-state index contributed by atoms with van der Waals surface area (Å²) >= 11 is 0. The Morgan fingerprint density at radius 2 is 2.00 bits per heavy atom. The fourth-order valence-corrected chi connectivity index (χ4v) is 1.21. The molecule has 1 rings (SSSR count). The van der Waals surface area contributed by atoms with Gasteiger partial charge in [0.1, 0.15) is 5.75 Å². The normalized spacial score (nSPS) is 9.79. The van der Waals surface area contributed by atoms with Gasteiger partial charge in [0.15, 0.2) is 5.78 Å². The highest BCUT2D eigenvalue weighted by Gasteiger charge is 2.10. The molecule has 0 heterocycles. The molecule has 4 heteroatoms. The molecule has 0 saturated carbocycles. The van der Waals surface area contributed by atoms with Crippen molar-refractivity contribution < 1.29 is 19.8 Å². The molecule has 1 aromatic rings. The lowest BCUT2D eigenvalue weighted by Crippen LogP contribution is -2.06. The first-order valence-electron chi connectivity index (χ1n) is 4.05. The van der Waals surface area contributed by atoms with Crippen LogP contribution in [0.25, 0.3) is 0 Å². The zero-order chi connectivity index (χ0) is 10.7. The number of carbonyl (C=O) groups is 2. The van der Waals surface area contributed by atoms with Crippen LogP contribution in [-0.2, 0) is 11.2 Å². The molecule has 0 atom stereocenters. The molecule has 1 aromatic carbocycles. The molecule has 14 heavy (non-hydrogen) atoms. The van der Waals surface area contributed by atoms with E-state index in [1.165, 1.54) is 25.1 Å². The fraction of sp³-hybridized carbons (Fsp3) is 0.200. The minimum Gasteiger partial charge on any atom is -0.508 e. The molecule has 74 valence electrons. The molecule has 0 aliphatic heterocycles. The average Bonchev–Trinajstić information content (AvgIpc) is 2.07. The number of aromatic hydroxyl groups is 1. The van der Waals surface area contributed by atoms with Gasteiger partial charge in [-0.1, -0.05) is 6.07 Å². The number of aliphatic carboxylic acids is 1. The molecule has 2 N–H and O–H groups in total. The number of phenolic OH excluding ortho intramolecular Hbond substituents is 1. The maximum Gasteiger partial charge on any atom is 0.307 e. The maximum absolute atomic E-state index is 11.1. The van der Waals surface area contributed by atoms with E-state index in [-0.39, 0.29) is 23.5 Å². The van der Waals surface area contributed by atoms with Crippen molar-refractivity contribution in [1.82, 2.24) is 0 Å². The fourth-order valence-electron chi connectivity index (χ4n) is 1.21. The third kappa shape index (κ3) is 2.32. The van der Waals surface area contributed by atoms with Crippen LogP contribution in [0, 0.1) is 0 Å². The zero-order valence-electron chi connectivity index (χ0n) is 7.65. The predicted molar refractivity (Wildman–Crippen MR) is 49.5 cm³/mol. The molecule has 0 spiro atoms. The van der Waals surface area contributed by atoms with Crippen LogP contribution in [-0.4, -0.2) is 22.0 Å². The van der Waals surface area contributed by atoms with E-state index in [4.69, 9.17) is 10.2 Å². The van der Waals surface area contributed by atoms with Gasteiger partial charge in [-0.2, -0.15) is 0 Å². The summed E-state index contributed by atoms with van der Waals surface area (Å²) in [5.41, 5.74) is 0.676. The number of carboxylic acid groups (broad SMARTS) is 1. The quantitative estimate of drug-likeness (QED) is 0.709. The number of carbonyl (C=O) groups excluding carboxylic acids is 1. The van der Waals surface area contributed by atoms with Crippen LogP contribution in [0.4, 0.5) is 0 Å². The van der Waals surface area contributed by atoms with E-state index >= 15 is 0 Å². The number of Topliss-reactive ketones (excluding diaryl/α,β-unsaturated/α-hetero) is 1. The van der Waals surface area contributed by atoms with Crippen LogP contribution >= 0.6 is 0 Å². The first kappa shape index (κ1) is 10.2. The van der Waals surface area contributed by atoms with Crippen molar-refractivity contribution in [1.29, 1.82) is 0 Å². The van der Waals surface area contributed by atoms with Gasteiger partial charge in [-0.25, -0.2) is 0 Å². The smallest absolute Gasteiger partial charge is 0.307 e. The second-order valence-corrected chi connectivity index (χ2v) is 2.97. The highest BCUT2D eigenvalue weighted by Crippen LogP contribution is 2.17. The highest BCUT2D eigenvalue weighted by molar-refractivity contribution is 5.96. The van der Waals surface area contributed by atoms with Gasteiger partial charge in [-0.3, -0.25) is 9.59 Å². The van der Waals surface area contributed by atoms with Crippen molar-refractivity contribution in [3.63, 3.8) is 0 Å². The Hall–Kier alpha value is -1.84. The van der Waals surface area contributed by atoms with Gasteiger partial charge in [-0.05, 0) is 24.6 Å². The molecule has 0 unspecified atom stereocenters. The standard InChI is InChI=1S/C10H10O4/c1-6(11)9-5-8(12)3-2-7(9)4-10(13)14/h2-3,5,12H,4H2,1H3,(H,13,14). The van der Waals surface area contributed by atoms with Crippen molar-refractivity contribution in [2.75, 3.05) is 0 Å². The third-order valence-electron chi connectivity index (χ3n) is 1.81. The summed E-state index contributed by atoms with van der Waals surface area (Å²) in [4.78, 5) is 21.6. The number of ketones is 1. The molecule has 0 radical (unpaired) electrons. The van der Waals surface area contributed by atoms with E-state index < -0.39 is 5.97 Å². The van der Waals surface area contributed by atoms with Crippen LogP contribution in [0.15, 0.2) is 18.2 Å². The van der Waals surface area contributed by atoms with Gasteiger partial charge in [-0.15, -0.1) is 0 Å². The summed E-state index contributed by atoms with van der Waals surface area (Å²) in [5.74, 6) is -1.29. The number of rotatable bonds is 3. The highest BCUT2D eigenvalue weighted by atomic mass is 16.4. The lowest BCUT2D eigenvalue weighted by molar-refractivity contribution is -0.136. The maximum atomic E-state index is 11.1. The summed E-state index contributed by atoms with van der Waals surface area (Å²) in [7, 11) is 0. The molecule has 0 amide bonds. The lowest BCUT2D eigenvalue weighted by atomic mass is 10.0. The average molecular weight is 194 g/mol. The zero-order valence-corrected chi connectivity index (χ0v) is 7.65. The minimum absolute atomic E-state index is 0.0376. The van der Waals surface area contributed by atoms with E-state index in [0.29, 0.717) is 5.56 Å². The summed E-state index contributed by atoms with van der Waals surface area (Å²) in [6.45, 7) is 1.33. The summed E-state index contributed by atoms with van der Waals surface area (Å²) in [6.07, 6.45) is -0.213. The van der Waals surface area contributed by atoms with Crippen LogP contribution < -0.4 is 0 Å². The van der Waals surface area contributed by atoms with Crippen molar-refractivity contribution in [2.24, 2.45) is 0 Å². The van der Waals surface area contributed by atoms with E-state index in [9.17, 15) is 9.59 Å². The van der Waals surface area contributed by atoms with Gasteiger partial charge in [0.25, 0.3) is 0 Å². The van der Waals surface area contributed by atoms with Gasteiger partial charge < -0.3 is 10.2 Å². The lowest BCUT2D eigenvalue weighted by Gasteiger charge is -2.04. The molecule has 0 bridgehead atoms. The molecule has 0 fully saturated rings. The first-order chi connectivity index (χ1) is 6.50.